The van der Waals surface area contributed by atoms with E-state index in [0.717, 1.165) is 0 Å². The SMILES string of the molecule is C.C=Cc1ccc(C)cc1.Cc1cccc(C)c1. The Bertz CT molecular complexity index is 446. The van der Waals surface area contributed by atoms with E-state index in [1.165, 1.54) is 22.3 Å². The zero-order chi connectivity index (χ0) is 12.7. The van der Waals surface area contributed by atoms with Gasteiger partial charge in [0.05, 0.1) is 0 Å². The number of rotatable bonds is 1. The molecule has 0 saturated heterocycles. The van der Waals surface area contributed by atoms with Crippen LogP contribution in [0.4, 0.5) is 0 Å². The number of hydrogen-bond acceptors (Lipinski definition) is 0. The summed E-state index contributed by atoms with van der Waals surface area (Å²) in [6.07, 6.45) is 1.85. The second-order valence-corrected chi connectivity index (χ2v) is 4.27. The molecule has 0 heteroatoms. The minimum atomic E-state index is 0. The van der Waals surface area contributed by atoms with Gasteiger partial charge in [-0.25, -0.2) is 0 Å². The average molecular weight is 240 g/mol. The normalized spacial score (nSPS) is 8.61. The van der Waals surface area contributed by atoms with Gasteiger partial charge < -0.3 is 0 Å². The molecule has 0 amide bonds. The maximum atomic E-state index is 3.66. The molecule has 2 aromatic rings. The predicted molar refractivity (Wildman–Crippen MR) is 83.9 cm³/mol. The van der Waals surface area contributed by atoms with Gasteiger partial charge >= 0.3 is 0 Å². The zero-order valence-electron chi connectivity index (χ0n) is 10.9. The first-order valence-corrected chi connectivity index (χ1v) is 5.84. The average Bonchev–Trinajstić information content (AvgIpc) is 2.30. The molecule has 0 aliphatic rings. The lowest BCUT2D eigenvalue weighted by atomic mass is 10.2. The summed E-state index contributed by atoms with van der Waals surface area (Å²) in [6.45, 7) is 9.95. The van der Waals surface area contributed by atoms with E-state index >= 15 is 0 Å². The van der Waals surface area contributed by atoms with Gasteiger partial charge in [0.2, 0.25) is 0 Å². The highest BCUT2D eigenvalue weighted by molar-refractivity contribution is 5.46. The lowest BCUT2D eigenvalue weighted by Crippen LogP contribution is -1.71. The van der Waals surface area contributed by atoms with Crippen LogP contribution >= 0.6 is 0 Å². The van der Waals surface area contributed by atoms with E-state index in [1.807, 2.05) is 6.08 Å². The molecule has 0 unspecified atom stereocenters. The van der Waals surface area contributed by atoms with Gasteiger partial charge in [0.15, 0.2) is 0 Å². The first kappa shape index (κ1) is 16.2. The summed E-state index contributed by atoms with van der Waals surface area (Å²) in [5, 5.41) is 0. The third-order valence-corrected chi connectivity index (χ3v) is 2.49. The number of benzene rings is 2. The molecule has 0 saturated carbocycles. The van der Waals surface area contributed by atoms with Crippen LogP contribution in [0, 0.1) is 20.8 Å². The molecule has 2 rings (SSSR count). The van der Waals surface area contributed by atoms with Crippen LogP contribution in [0.3, 0.4) is 0 Å². The molecular formula is C18H24. The van der Waals surface area contributed by atoms with E-state index < -0.39 is 0 Å². The van der Waals surface area contributed by atoms with Gasteiger partial charge in [0.1, 0.15) is 0 Å². The summed E-state index contributed by atoms with van der Waals surface area (Å²) in [4.78, 5) is 0. The molecule has 0 bridgehead atoms. The van der Waals surface area contributed by atoms with Crippen LogP contribution in [0.15, 0.2) is 55.1 Å². The molecule has 0 radical (unpaired) electrons. The smallest absolute Gasteiger partial charge is 0.0262 e. The maximum Gasteiger partial charge on any atom is -0.0262 e. The maximum absolute atomic E-state index is 3.66. The molecule has 0 N–H and O–H groups in total. The summed E-state index contributed by atoms with van der Waals surface area (Å²) in [5.74, 6) is 0. The Hall–Kier alpha value is -1.82. The van der Waals surface area contributed by atoms with Gasteiger partial charge in [-0.05, 0) is 26.3 Å². The van der Waals surface area contributed by atoms with Gasteiger partial charge in [-0.3, -0.25) is 0 Å². The van der Waals surface area contributed by atoms with Crippen molar-refractivity contribution in [2.75, 3.05) is 0 Å². The summed E-state index contributed by atoms with van der Waals surface area (Å²) >= 11 is 0. The lowest BCUT2D eigenvalue weighted by Gasteiger charge is -1.91. The molecule has 0 aliphatic carbocycles. The fraction of sp³-hybridized carbons (Fsp3) is 0.222. The van der Waals surface area contributed by atoms with Crippen molar-refractivity contribution in [3.63, 3.8) is 0 Å². The lowest BCUT2D eigenvalue weighted by molar-refractivity contribution is 1.39. The van der Waals surface area contributed by atoms with E-state index in [-0.39, 0.29) is 7.43 Å². The third-order valence-electron chi connectivity index (χ3n) is 2.49. The summed E-state index contributed by atoms with van der Waals surface area (Å²) < 4.78 is 0. The Kier molecular flexibility index (Phi) is 7.46. The Morgan fingerprint density at radius 1 is 0.778 bits per heavy atom. The Morgan fingerprint density at radius 3 is 1.61 bits per heavy atom. The van der Waals surface area contributed by atoms with Crippen LogP contribution in [0.5, 0.6) is 0 Å². The van der Waals surface area contributed by atoms with Crippen molar-refractivity contribution in [3.05, 3.63) is 77.4 Å². The van der Waals surface area contributed by atoms with E-state index in [4.69, 9.17) is 0 Å². The van der Waals surface area contributed by atoms with Crippen molar-refractivity contribution in [3.8, 4) is 0 Å². The first-order chi connectivity index (χ1) is 8.11. The fourth-order valence-electron chi connectivity index (χ4n) is 1.51. The predicted octanol–water partition coefficient (Wildman–Crippen LogP) is 5.58. The molecule has 0 aromatic heterocycles. The van der Waals surface area contributed by atoms with Crippen LogP contribution in [0.2, 0.25) is 0 Å². The quantitative estimate of drug-likeness (QED) is 0.610. The van der Waals surface area contributed by atoms with Crippen LogP contribution in [0.25, 0.3) is 6.08 Å². The van der Waals surface area contributed by atoms with E-state index in [9.17, 15) is 0 Å². The van der Waals surface area contributed by atoms with Gasteiger partial charge in [0.25, 0.3) is 0 Å². The van der Waals surface area contributed by atoms with Crippen molar-refractivity contribution in [1.29, 1.82) is 0 Å². The van der Waals surface area contributed by atoms with E-state index in [2.05, 4.69) is 75.9 Å². The van der Waals surface area contributed by atoms with Gasteiger partial charge in [-0.2, -0.15) is 0 Å². The molecule has 0 heterocycles. The van der Waals surface area contributed by atoms with Gasteiger partial charge in [-0.1, -0.05) is 85.3 Å². The van der Waals surface area contributed by atoms with Crippen molar-refractivity contribution in [2.24, 2.45) is 0 Å². The molecular weight excluding hydrogens is 216 g/mol. The van der Waals surface area contributed by atoms with Crippen molar-refractivity contribution in [1.82, 2.24) is 0 Å². The molecule has 0 atom stereocenters. The second-order valence-electron chi connectivity index (χ2n) is 4.27. The Morgan fingerprint density at radius 2 is 1.28 bits per heavy atom. The minimum absolute atomic E-state index is 0. The topological polar surface area (TPSA) is 0 Å². The molecule has 0 nitrogen and oxygen atoms in total. The van der Waals surface area contributed by atoms with Crippen molar-refractivity contribution in [2.45, 2.75) is 28.2 Å². The number of aryl methyl sites for hydroxylation is 3. The second kappa shape index (κ2) is 8.30. The molecule has 0 fully saturated rings. The molecule has 18 heavy (non-hydrogen) atoms. The van der Waals surface area contributed by atoms with Crippen LogP contribution in [-0.4, -0.2) is 0 Å². The standard InChI is InChI=1S/C9H10.C8H10.CH4/c1-3-9-6-4-8(2)5-7-9;1-7-4-3-5-8(2)6-7;/h3-7H,1H2,2H3;3-6H,1-2H3;1H4. The van der Waals surface area contributed by atoms with Crippen molar-refractivity contribution < 1.29 is 0 Å². The highest BCUT2D eigenvalue weighted by Crippen LogP contribution is 2.02. The monoisotopic (exact) mass is 240 g/mol. The zero-order valence-corrected chi connectivity index (χ0v) is 10.9. The van der Waals surface area contributed by atoms with E-state index in [0.29, 0.717) is 0 Å². The highest BCUT2D eigenvalue weighted by atomic mass is 13.9. The molecule has 2 aromatic carbocycles. The van der Waals surface area contributed by atoms with Gasteiger partial charge in [-0.15, -0.1) is 0 Å². The molecule has 96 valence electrons. The fourth-order valence-corrected chi connectivity index (χ4v) is 1.51. The molecule has 0 aliphatic heterocycles. The summed E-state index contributed by atoms with van der Waals surface area (Å²) in [7, 11) is 0. The van der Waals surface area contributed by atoms with Crippen LogP contribution in [-0.2, 0) is 0 Å². The van der Waals surface area contributed by atoms with Crippen molar-refractivity contribution >= 4 is 6.08 Å². The largest absolute Gasteiger partial charge is 0.0985 e. The first-order valence-electron chi connectivity index (χ1n) is 5.84. The minimum Gasteiger partial charge on any atom is -0.0985 e. The van der Waals surface area contributed by atoms with E-state index in [1.54, 1.807) is 0 Å². The summed E-state index contributed by atoms with van der Waals surface area (Å²) in [6, 6.07) is 16.7. The van der Waals surface area contributed by atoms with Gasteiger partial charge in [0, 0.05) is 0 Å². The Balaban J connectivity index is 0.000000306. The molecule has 0 spiro atoms. The highest BCUT2D eigenvalue weighted by Gasteiger charge is 1.82. The Labute approximate surface area is 112 Å². The van der Waals surface area contributed by atoms with Crippen LogP contribution in [0.1, 0.15) is 29.7 Å². The van der Waals surface area contributed by atoms with Crippen LogP contribution < -0.4 is 0 Å². The third kappa shape index (κ3) is 6.05. The number of hydrogen-bond donors (Lipinski definition) is 0. The summed E-state index contributed by atoms with van der Waals surface area (Å²) in [5.41, 5.74) is 5.15.